The fourth-order valence-electron chi connectivity index (χ4n) is 5.36. The van der Waals surface area contributed by atoms with Crippen LogP contribution in [-0.2, 0) is 33.2 Å². The Morgan fingerprint density at radius 3 is 1.74 bits per heavy atom. The van der Waals surface area contributed by atoms with Crippen LogP contribution in [0.3, 0.4) is 0 Å². The molecule has 204 valence electrons. The summed E-state index contributed by atoms with van der Waals surface area (Å²) in [6.45, 7) is 9.86. The monoisotopic (exact) mass is 498 g/mol. The molecule has 0 unspecified atom stereocenters. The zero-order valence-corrected chi connectivity index (χ0v) is 22.9. The predicted octanol–water partition coefficient (Wildman–Crippen LogP) is 6.41. The number of carbonyl (C=O) groups excluding carboxylic acids is 1. The molecule has 0 radical (unpaired) electrons. The minimum absolute atomic E-state index is 0.130. The van der Waals surface area contributed by atoms with Crippen LogP contribution in [0.5, 0.6) is 0 Å². The van der Waals surface area contributed by atoms with E-state index in [1.807, 2.05) is 27.7 Å². The Bertz CT molecular complexity index is 635. The van der Waals surface area contributed by atoms with Gasteiger partial charge in [-0.25, -0.2) is 0 Å². The van der Waals surface area contributed by atoms with E-state index in [4.69, 9.17) is 28.4 Å². The fraction of sp³-hybridized carbons (Fsp3) is 0.964. The van der Waals surface area contributed by atoms with Gasteiger partial charge in [0.2, 0.25) is 0 Å². The van der Waals surface area contributed by atoms with Crippen LogP contribution in [0, 0.1) is 0 Å². The lowest BCUT2D eigenvalue weighted by Gasteiger charge is -2.36. The lowest BCUT2D eigenvalue weighted by molar-refractivity contribution is -0.242. The van der Waals surface area contributed by atoms with E-state index in [0.717, 1.165) is 12.8 Å². The fourth-order valence-corrected chi connectivity index (χ4v) is 5.36. The minimum Gasteiger partial charge on any atom is -0.463 e. The minimum atomic E-state index is -0.754. The van der Waals surface area contributed by atoms with Crippen molar-refractivity contribution in [1.82, 2.24) is 0 Å². The maximum atomic E-state index is 12.3. The Hall–Kier alpha value is -0.730. The number of carbonyl (C=O) groups is 1. The standard InChI is InChI=1S/C28H50O7/c1-6-7-8-9-10-11-12-13-14-15-16-17-18-19-22(29)30-20-21-23-24(33-27(2,3)32-23)25-26(31-21)35-28(4,5)34-25/h21,23-26H,6-20H2,1-5H3/t21-,23+,24-,25+,26+/m0/s1. The first-order chi connectivity index (χ1) is 16.7. The molecule has 0 aromatic carbocycles. The summed E-state index contributed by atoms with van der Waals surface area (Å²) in [4.78, 5) is 12.3. The third-order valence-corrected chi connectivity index (χ3v) is 7.14. The van der Waals surface area contributed by atoms with Crippen molar-refractivity contribution >= 4 is 5.97 Å². The van der Waals surface area contributed by atoms with Crippen molar-refractivity contribution in [3.63, 3.8) is 0 Å². The van der Waals surface area contributed by atoms with Gasteiger partial charge in [-0.05, 0) is 34.1 Å². The maximum Gasteiger partial charge on any atom is 0.305 e. The molecule has 3 rings (SSSR count). The van der Waals surface area contributed by atoms with Gasteiger partial charge >= 0.3 is 5.97 Å². The zero-order valence-electron chi connectivity index (χ0n) is 22.9. The average molecular weight is 499 g/mol. The van der Waals surface area contributed by atoms with E-state index in [9.17, 15) is 4.79 Å². The van der Waals surface area contributed by atoms with Crippen molar-refractivity contribution in [3.8, 4) is 0 Å². The van der Waals surface area contributed by atoms with Gasteiger partial charge in [0, 0.05) is 6.42 Å². The van der Waals surface area contributed by atoms with Crippen molar-refractivity contribution in [2.45, 2.75) is 167 Å². The molecule has 3 saturated heterocycles. The van der Waals surface area contributed by atoms with Crippen LogP contribution in [0.25, 0.3) is 0 Å². The van der Waals surface area contributed by atoms with Gasteiger partial charge in [-0.15, -0.1) is 0 Å². The van der Waals surface area contributed by atoms with E-state index in [0.29, 0.717) is 6.42 Å². The average Bonchev–Trinajstić information content (AvgIpc) is 3.29. The first-order valence-electron chi connectivity index (χ1n) is 14.2. The highest BCUT2D eigenvalue weighted by atomic mass is 16.9. The van der Waals surface area contributed by atoms with Gasteiger partial charge in [0.05, 0.1) is 0 Å². The summed E-state index contributed by atoms with van der Waals surface area (Å²) in [5.41, 5.74) is 0. The molecule has 0 aromatic rings. The molecule has 0 aromatic heterocycles. The molecule has 35 heavy (non-hydrogen) atoms. The van der Waals surface area contributed by atoms with Gasteiger partial charge in [0.25, 0.3) is 0 Å². The topological polar surface area (TPSA) is 72.5 Å². The summed E-state index contributed by atoms with van der Waals surface area (Å²) >= 11 is 0. The quantitative estimate of drug-likeness (QED) is 0.180. The molecule has 7 heteroatoms. The zero-order chi connectivity index (χ0) is 25.3. The third-order valence-electron chi connectivity index (χ3n) is 7.14. The van der Waals surface area contributed by atoms with E-state index in [-0.39, 0.29) is 30.9 Å². The first-order valence-corrected chi connectivity index (χ1v) is 14.2. The van der Waals surface area contributed by atoms with Crippen LogP contribution in [0.1, 0.15) is 125 Å². The van der Waals surface area contributed by atoms with Gasteiger partial charge in [0.1, 0.15) is 31.0 Å². The van der Waals surface area contributed by atoms with E-state index in [2.05, 4.69) is 6.92 Å². The Balaban J connectivity index is 1.25. The summed E-state index contributed by atoms with van der Waals surface area (Å²) in [5.74, 6) is -1.69. The van der Waals surface area contributed by atoms with Crippen molar-refractivity contribution in [2.24, 2.45) is 0 Å². The Kier molecular flexibility index (Phi) is 11.3. The Morgan fingerprint density at radius 1 is 0.657 bits per heavy atom. The van der Waals surface area contributed by atoms with Crippen LogP contribution in [0.15, 0.2) is 0 Å². The van der Waals surface area contributed by atoms with Gasteiger partial charge in [-0.1, -0.05) is 84.0 Å². The highest BCUT2D eigenvalue weighted by Crippen LogP contribution is 2.44. The molecule has 0 saturated carbocycles. The predicted molar refractivity (Wildman–Crippen MR) is 134 cm³/mol. The molecule has 7 nitrogen and oxygen atoms in total. The van der Waals surface area contributed by atoms with E-state index >= 15 is 0 Å². The normalized spacial score (nSPS) is 30.7. The molecule has 3 aliphatic rings. The summed E-state index contributed by atoms with van der Waals surface area (Å²) in [6.07, 6.45) is 15.1. The molecule has 3 heterocycles. The summed E-state index contributed by atoms with van der Waals surface area (Å²) in [5, 5.41) is 0. The Labute approximate surface area is 212 Å². The molecular weight excluding hydrogens is 448 g/mol. The molecule has 3 fully saturated rings. The second kappa shape index (κ2) is 13.7. The summed E-state index contributed by atoms with van der Waals surface area (Å²) in [7, 11) is 0. The van der Waals surface area contributed by atoms with Crippen molar-refractivity contribution in [1.29, 1.82) is 0 Å². The third kappa shape index (κ3) is 9.26. The largest absolute Gasteiger partial charge is 0.463 e. The van der Waals surface area contributed by atoms with Crippen molar-refractivity contribution < 1.29 is 33.2 Å². The number of rotatable bonds is 16. The van der Waals surface area contributed by atoms with Gasteiger partial charge in [-0.3, -0.25) is 4.79 Å². The maximum absolute atomic E-state index is 12.3. The summed E-state index contributed by atoms with van der Waals surface area (Å²) in [6, 6.07) is 0. The second-order valence-electron chi connectivity index (χ2n) is 11.4. The molecular formula is C28H50O7. The van der Waals surface area contributed by atoms with E-state index in [1.165, 1.54) is 70.6 Å². The van der Waals surface area contributed by atoms with Crippen LogP contribution in [0.2, 0.25) is 0 Å². The molecule has 0 aliphatic carbocycles. The van der Waals surface area contributed by atoms with E-state index < -0.39 is 24.0 Å². The SMILES string of the molecule is CCCCCCCCCCCCCCCC(=O)OC[C@@H]1O[C@@H]2OC(C)(C)O[C@@H]2[C@H]2OC(C)(C)O[C@@H]21. The van der Waals surface area contributed by atoms with Gasteiger partial charge < -0.3 is 28.4 Å². The van der Waals surface area contributed by atoms with Gasteiger partial charge in [0.15, 0.2) is 17.9 Å². The molecule has 5 atom stereocenters. The highest BCUT2D eigenvalue weighted by Gasteiger charge is 2.60. The van der Waals surface area contributed by atoms with Crippen molar-refractivity contribution in [2.75, 3.05) is 6.61 Å². The van der Waals surface area contributed by atoms with Crippen LogP contribution < -0.4 is 0 Å². The van der Waals surface area contributed by atoms with Crippen LogP contribution >= 0.6 is 0 Å². The van der Waals surface area contributed by atoms with E-state index in [1.54, 1.807) is 0 Å². The van der Waals surface area contributed by atoms with Gasteiger partial charge in [-0.2, -0.15) is 0 Å². The highest BCUT2D eigenvalue weighted by molar-refractivity contribution is 5.69. The molecule has 3 aliphatic heterocycles. The second-order valence-corrected chi connectivity index (χ2v) is 11.4. The molecule has 0 spiro atoms. The van der Waals surface area contributed by atoms with Crippen molar-refractivity contribution in [3.05, 3.63) is 0 Å². The van der Waals surface area contributed by atoms with Crippen LogP contribution in [-0.4, -0.2) is 54.9 Å². The molecule has 0 bridgehead atoms. The lowest BCUT2D eigenvalue weighted by atomic mass is 9.99. The number of ether oxygens (including phenoxy) is 6. The Morgan fingerprint density at radius 2 is 1.14 bits per heavy atom. The van der Waals surface area contributed by atoms with Crippen LogP contribution in [0.4, 0.5) is 0 Å². The number of hydrogen-bond donors (Lipinski definition) is 0. The lowest BCUT2D eigenvalue weighted by Crippen LogP contribution is -2.56. The number of unbranched alkanes of at least 4 members (excludes halogenated alkanes) is 12. The number of fused-ring (bicyclic) bond motifs is 3. The summed E-state index contributed by atoms with van der Waals surface area (Å²) < 4.78 is 35.8. The molecule has 0 N–H and O–H groups in total. The smallest absolute Gasteiger partial charge is 0.305 e. The molecule has 0 amide bonds. The number of hydrogen-bond acceptors (Lipinski definition) is 7. The number of esters is 1. The first kappa shape index (κ1) is 28.8.